The largest absolute Gasteiger partial charge is 0.343 e. The molecule has 2 unspecified atom stereocenters. The van der Waals surface area contributed by atoms with Crippen LogP contribution in [-0.4, -0.2) is 63.4 Å². The first-order valence-corrected chi connectivity index (χ1v) is 42.5. The first kappa shape index (κ1) is 54.3. The minimum atomic E-state index is -3.30. The van der Waals surface area contributed by atoms with Gasteiger partial charge in [0.15, 0.2) is 0 Å². The molecule has 0 aliphatic rings. The van der Waals surface area contributed by atoms with Crippen LogP contribution in [0, 0.1) is 0 Å². The number of hydrogen-bond donors (Lipinski definition) is 2. The van der Waals surface area contributed by atoms with E-state index in [4.69, 9.17) is 77.9 Å². The second-order valence-corrected chi connectivity index (χ2v) is 66.5. The van der Waals surface area contributed by atoms with Crippen molar-refractivity contribution in [3.63, 3.8) is 0 Å². The van der Waals surface area contributed by atoms with Gasteiger partial charge in [-0.3, -0.25) is 0 Å². The van der Waals surface area contributed by atoms with Crippen molar-refractivity contribution in [3.05, 3.63) is 0 Å². The Hall–Kier alpha value is 3.31. The van der Waals surface area contributed by atoms with Crippen LogP contribution in [0.25, 0.3) is 0 Å². The molecule has 0 radical (unpaired) electrons. The molecule has 0 aromatic heterocycles. The average Bonchev–Trinajstić information content (AvgIpc) is 2.78. The van der Waals surface area contributed by atoms with Gasteiger partial charge in [0.05, 0.1) is 32.3 Å². The maximum absolute atomic E-state index is 8.45. The number of nitrogens with two attached hydrogens (primary N) is 2. The van der Waals surface area contributed by atoms with Gasteiger partial charge >= 0.3 is 12.0 Å². The monoisotopic (exact) mass is 952 g/mol. The first-order chi connectivity index (χ1) is 21.7. The van der Waals surface area contributed by atoms with Crippen LogP contribution in [0.15, 0.2) is 0 Å². The van der Waals surface area contributed by atoms with Crippen molar-refractivity contribution < 1.29 is 0 Å². The maximum atomic E-state index is 8.45. The molecule has 0 saturated heterocycles. The van der Waals surface area contributed by atoms with Crippen molar-refractivity contribution >= 4 is 123 Å². The van der Waals surface area contributed by atoms with Gasteiger partial charge in [0.1, 0.15) is 0 Å². The van der Waals surface area contributed by atoms with Crippen LogP contribution in [0.3, 0.4) is 0 Å². The zero-order valence-electron chi connectivity index (χ0n) is 37.1. The van der Waals surface area contributed by atoms with Crippen LogP contribution in [0.4, 0.5) is 0 Å². The van der Waals surface area contributed by atoms with Crippen LogP contribution in [0.1, 0.15) is 123 Å². The van der Waals surface area contributed by atoms with E-state index in [1.165, 1.54) is 0 Å². The Morgan fingerprint density at radius 3 is 0.706 bits per heavy atom. The number of rotatable bonds is 16. The van der Waals surface area contributed by atoms with Crippen LogP contribution in [-0.2, 0) is 0 Å². The predicted molar refractivity (Wildman–Crippen MR) is 262 cm³/mol. The van der Waals surface area contributed by atoms with Crippen LogP contribution >= 0.6 is 78.2 Å². The van der Waals surface area contributed by atoms with Crippen molar-refractivity contribution in [3.8, 4) is 0 Å². The summed E-state index contributed by atoms with van der Waals surface area (Å²) in [5.74, 6) is 0. The summed E-state index contributed by atoms with van der Waals surface area (Å²) >= 11 is 45.3. The Balaban J connectivity index is 10.3. The molecule has 0 aliphatic heterocycles. The van der Waals surface area contributed by atoms with Crippen molar-refractivity contribution in [1.29, 1.82) is 0 Å². The zero-order chi connectivity index (χ0) is 41.9. The van der Waals surface area contributed by atoms with Crippen molar-refractivity contribution in [1.82, 2.24) is 0 Å². The fourth-order valence-corrected chi connectivity index (χ4v) is 56.2. The lowest BCUT2D eigenvalue weighted by molar-refractivity contribution is 0.386. The van der Waals surface area contributed by atoms with Gasteiger partial charge in [0, 0.05) is 31.2 Å². The summed E-state index contributed by atoms with van der Waals surface area (Å²) in [5.41, 5.74) is 15.3. The minimum absolute atomic E-state index is 0.0540. The van der Waals surface area contributed by atoms with Gasteiger partial charge in [-0.1, -0.05) is 162 Å². The van der Waals surface area contributed by atoms with Gasteiger partial charge in [-0.25, -0.2) is 0 Å². The van der Waals surface area contributed by atoms with Gasteiger partial charge in [-0.15, -0.1) is 66.5 Å². The molecule has 15 heteroatoms. The average molecular weight is 956 g/mol. The van der Waals surface area contributed by atoms with Crippen molar-refractivity contribution in [2.24, 2.45) is 11.5 Å². The molecule has 2 atom stereocenters. The summed E-state index contributed by atoms with van der Waals surface area (Å²) < 4.78 is -0.871. The molecule has 0 spiro atoms. The third-order valence-electron chi connectivity index (χ3n) is 15.2. The van der Waals surface area contributed by atoms with Crippen LogP contribution < -0.4 is 11.5 Å². The first-order valence-electron chi connectivity index (χ1n) is 19.2. The number of hydrogen-bond acceptors (Lipinski definition) is 3. The highest BCUT2D eigenvalue weighted by Crippen LogP contribution is 2.73. The molecule has 0 amide bonds. The van der Waals surface area contributed by atoms with E-state index in [-0.39, 0.29) is 20.2 Å². The molecule has 308 valence electrons. The van der Waals surface area contributed by atoms with Crippen LogP contribution in [0.2, 0.25) is 84.6 Å². The van der Waals surface area contributed by atoms with Gasteiger partial charge < -0.3 is 11.5 Å². The standard InChI is InChI=1S/C36H82Cl6N2SSi6/c1-23-25-33(43,27-50(37,38)39)35(46(15,16)29(3,4)5,47(17,18)30(6,7)8)45-36(48(19,20)31(9,10)11,49(21,22)32(12,13)14)34(44,26-24-2)28-51(40,41)42/h23-28,43-44H2,1-22H3. The SMILES string of the molecule is CCCC(N)(C[Si](Cl)(Cl)Cl)C(SC(C(N)(CCC)C[Si](Cl)(Cl)Cl)([Si](C)(C)C(C)(C)C)[Si](C)(C)C(C)(C)C)([Si](C)(C)C(C)(C)C)[Si](C)(C)C(C)(C)C. The zero-order valence-corrected chi connectivity index (χ0v) is 48.4. The van der Waals surface area contributed by atoms with Gasteiger partial charge in [0.25, 0.3) is 0 Å². The molecule has 2 nitrogen and oxygen atoms in total. The molecule has 0 saturated carbocycles. The Bertz CT molecular complexity index is 1040. The van der Waals surface area contributed by atoms with E-state index in [1.54, 1.807) is 0 Å². The number of halogens is 6. The summed E-state index contributed by atoms with van der Waals surface area (Å²) in [6.45, 7) is 55.0. The summed E-state index contributed by atoms with van der Waals surface area (Å²) in [7, 11) is -10.4. The summed E-state index contributed by atoms with van der Waals surface area (Å²) in [5, 5.41) is -0.216. The van der Waals surface area contributed by atoms with E-state index in [9.17, 15) is 0 Å². The third kappa shape index (κ3) is 9.86. The van der Waals surface area contributed by atoms with Crippen LogP contribution in [0.5, 0.6) is 0 Å². The Morgan fingerprint density at radius 2 is 0.588 bits per heavy atom. The van der Waals surface area contributed by atoms with Gasteiger partial charge in [-0.05, 0) is 33.0 Å². The highest BCUT2D eigenvalue weighted by Gasteiger charge is 2.80. The van der Waals surface area contributed by atoms with E-state index in [2.05, 4.69) is 161 Å². The molecular formula is C36H82Cl6N2SSi6. The Labute approximate surface area is 357 Å². The lowest BCUT2D eigenvalue weighted by Crippen LogP contribution is -2.90. The topological polar surface area (TPSA) is 52.0 Å². The molecule has 0 rings (SSSR count). The second-order valence-electron chi connectivity index (χ2n) is 22.4. The minimum Gasteiger partial charge on any atom is -0.325 e. The maximum Gasteiger partial charge on any atom is 0.343 e. The van der Waals surface area contributed by atoms with Crippen molar-refractivity contribution in [2.45, 2.75) is 226 Å². The molecule has 0 bridgehead atoms. The fraction of sp³-hybridized carbons (Fsp3) is 1.00. The molecule has 4 N–H and O–H groups in total. The molecule has 0 heterocycles. The lowest BCUT2D eigenvalue weighted by Gasteiger charge is -2.76. The quantitative estimate of drug-likeness (QED) is 0.120. The Kier molecular flexibility index (Phi) is 17.5. The van der Waals surface area contributed by atoms with E-state index in [0.717, 1.165) is 25.7 Å². The highest BCUT2D eigenvalue weighted by molar-refractivity contribution is 8.09. The van der Waals surface area contributed by atoms with E-state index < -0.39 is 63.4 Å². The lowest BCUT2D eigenvalue weighted by atomic mass is 9.98. The molecule has 0 aromatic rings. The molecule has 0 aliphatic carbocycles. The van der Waals surface area contributed by atoms with Gasteiger partial charge in [0.2, 0.25) is 0 Å². The third-order valence-corrected chi connectivity index (χ3v) is 59.9. The molecular weight excluding hydrogens is 874 g/mol. The molecule has 0 aromatic carbocycles. The molecule has 51 heavy (non-hydrogen) atoms. The highest BCUT2D eigenvalue weighted by atomic mass is 35.8. The Morgan fingerprint density at radius 1 is 0.412 bits per heavy atom. The smallest absolute Gasteiger partial charge is 0.325 e. The summed E-state index contributed by atoms with van der Waals surface area (Å²) in [4.78, 5) is 0. The predicted octanol–water partition coefficient (Wildman–Crippen LogP) is 15.7. The molecule has 0 fully saturated rings. The van der Waals surface area contributed by atoms with E-state index >= 15 is 0 Å². The normalized spacial score (nSPS) is 18.5. The fourth-order valence-electron chi connectivity index (χ4n) is 9.49. The van der Waals surface area contributed by atoms with Crippen molar-refractivity contribution in [2.75, 3.05) is 0 Å². The van der Waals surface area contributed by atoms with E-state index in [1.807, 2.05) is 0 Å². The second kappa shape index (κ2) is 16.4. The number of thioether (sulfide) groups is 1. The summed E-state index contributed by atoms with van der Waals surface area (Å²) in [6, 6.07) is -5.79. The summed E-state index contributed by atoms with van der Waals surface area (Å²) in [6.07, 6.45) is 3.34. The van der Waals surface area contributed by atoms with Gasteiger partial charge in [-0.2, -0.15) is 11.8 Å². The van der Waals surface area contributed by atoms with E-state index in [0.29, 0.717) is 12.1 Å².